The van der Waals surface area contributed by atoms with E-state index >= 15 is 0 Å². The number of fused-ring (bicyclic) bond motifs is 1. The van der Waals surface area contributed by atoms with Gasteiger partial charge in [0.2, 0.25) is 5.91 Å². The highest BCUT2D eigenvalue weighted by Gasteiger charge is 2.17. The van der Waals surface area contributed by atoms with E-state index in [0.717, 1.165) is 34.1 Å². The number of nitrogens with one attached hydrogen (secondary N) is 1. The van der Waals surface area contributed by atoms with Gasteiger partial charge in [0.05, 0.1) is 17.1 Å². The molecule has 6 nitrogen and oxygen atoms in total. The average molecular weight is 434 g/mol. The Morgan fingerprint density at radius 3 is 2.80 bits per heavy atom. The fourth-order valence-electron chi connectivity index (χ4n) is 3.64. The monoisotopic (exact) mass is 433 g/mol. The number of aromatic nitrogens is 4. The second-order valence-corrected chi connectivity index (χ2v) is 9.10. The van der Waals surface area contributed by atoms with Crippen LogP contribution in [0.4, 0.5) is 5.82 Å². The summed E-state index contributed by atoms with van der Waals surface area (Å²) < 4.78 is 2.57. The van der Waals surface area contributed by atoms with Crippen LogP contribution in [0.5, 0.6) is 0 Å². The van der Waals surface area contributed by atoms with Crippen molar-refractivity contribution in [3.8, 4) is 16.9 Å². The summed E-state index contributed by atoms with van der Waals surface area (Å²) in [7, 11) is 0. The number of benzene rings is 2. The minimum atomic E-state index is -0.104. The van der Waals surface area contributed by atoms with Gasteiger partial charge in [-0.25, -0.2) is 4.68 Å². The summed E-state index contributed by atoms with van der Waals surface area (Å²) in [5.74, 6) is 0.816. The summed E-state index contributed by atoms with van der Waals surface area (Å²) in [6.45, 7) is 0. The normalized spacial score (nSPS) is 12.7. The van der Waals surface area contributed by atoms with E-state index in [9.17, 15) is 4.79 Å². The van der Waals surface area contributed by atoms with Crippen LogP contribution < -0.4 is 5.32 Å². The molecule has 0 fully saturated rings. The number of para-hydroxylation sites is 1. The molecule has 2 aromatic carbocycles. The van der Waals surface area contributed by atoms with Crippen LogP contribution in [0, 0.1) is 0 Å². The molecule has 0 radical (unpaired) electrons. The minimum absolute atomic E-state index is 0.104. The Balaban J connectivity index is 1.44. The Kier molecular flexibility index (Phi) is 5.33. The zero-order chi connectivity index (χ0) is 20.3. The summed E-state index contributed by atoms with van der Waals surface area (Å²) >= 11 is 2.80. The quantitative estimate of drug-likeness (QED) is 0.450. The molecule has 150 valence electrons. The first-order chi connectivity index (χ1) is 14.8. The third kappa shape index (κ3) is 4.01. The lowest BCUT2D eigenvalue weighted by molar-refractivity contribution is -0.113. The molecule has 0 saturated heterocycles. The van der Waals surface area contributed by atoms with E-state index in [2.05, 4.69) is 33.7 Å². The Hall–Kier alpha value is -2.97. The number of nitrogens with zero attached hydrogens (tertiary/aromatic N) is 4. The molecule has 1 aliphatic rings. The molecule has 4 aromatic rings. The fraction of sp³-hybridized carbons (Fsp3) is 0.182. The maximum atomic E-state index is 12.6. The minimum Gasteiger partial charge on any atom is -0.310 e. The first-order valence-corrected chi connectivity index (χ1v) is 11.6. The molecule has 0 bridgehead atoms. The number of amides is 1. The summed E-state index contributed by atoms with van der Waals surface area (Å²) in [6, 6.07) is 18.3. The number of carbonyl (C=O) groups is 1. The van der Waals surface area contributed by atoms with Crippen molar-refractivity contribution < 1.29 is 4.79 Å². The molecule has 2 aromatic heterocycles. The molecule has 0 aliphatic heterocycles. The van der Waals surface area contributed by atoms with Crippen LogP contribution in [0.25, 0.3) is 16.9 Å². The zero-order valence-electron chi connectivity index (χ0n) is 16.1. The van der Waals surface area contributed by atoms with Gasteiger partial charge in [0, 0.05) is 11.6 Å². The van der Waals surface area contributed by atoms with Crippen molar-refractivity contribution in [3.05, 3.63) is 71.2 Å². The van der Waals surface area contributed by atoms with E-state index in [1.54, 1.807) is 10.2 Å². The maximum absolute atomic E-state index is 12.6. The van der Waals surface area contributed by atoms with E-state index < -0.39 is 0 Å². The van der Waals surface area contributed by atoms with Crippen LogP contribution in [0.15, 0.2) is 64.4 Å². The third-order valence-electron chi connectivity index (χ3n) is 5.04. The lowest BCUT2D eigenvalue weighted by atomic mass is 10.0. The van der Waals surface area contributed by atoms with Gasteiger partial charge in [-0.3, -0.25) is 4.79 Å². The number of rotatable bonds is 6. The fourth-order valence-corrected chi connectivity index (χ4v) is 4.93. The van der Waals surface area contributed by atoms with Gasteiger partial charge in [-0.2, -0.15) is 5.10 Å². The van der Waals surface area contributed by atoms with Gasteiger partial charge >= 0.3 is 0 Å². The van der Waals surface area contributed by atoms with Crippen molar-refractivity contribution in [2.45, 2.75) is 23.6 Å². The maximum Gasteiger partial charge on any atom is 0.235 e. The van der Waals surface area contributed by atoms with Crippen molar-refractivity contribution in [1.82, 2.24) is 20.0 Å². The van der Waals surface area contributed by atoms with Crippen molar-refractivity contribution in [2.75, 3.05) is 11.1 Å². The predicted octanol–water partition coefficient (Wildman–Crippen LogP) is 4.61. The lowest BCUT2D eigenvalue weighted by Gasteiger charge is -2.08. The highest BCUT2D eigenvalue weighted by Crippen LogP contribution is 2.30. The predicted molar refractivity (Wildman–Crippen MR) is 120 cm³/mol. The molecule has 0 spiro atoms. The van der Waals surface area contributed by atoms with Crippen LogP contribution >= 0.6 is 23.1 Å². The second-order valence-electron chi connectivity index (χ2n) is 7.04. The van der Waals surface area contributed by atoms with Crippen LogP contribution in [-0.2, 0) is 17.6 Å². The first kappa shape index (κ1) is 19.0. The molecule has 0 saturated carbocycles. The molecule has 1 amide bonds. The summed E-state index contributed by atoms with van der Waals surface area (Å²) in [6.07, 6.45) is 3.49. The largest absolute Gasteiger partial charge is 0.310 e. The number of anilines is 1. The summed E-state index contributed by atoms with van der Waals surface area (Å²) in [5, 5.41) is 15.6. The SMILES string of the molecule is O=C(CSc1nncs1)Nc1cc(-c2ccc3c(c2)CCC3)nn1-c1ccccc1. The topological polar surface area (TPSA) is 72.7 Å². The number of hydrogen-bond donors (Lipinski definition) is 1. The van der Waals surface area contributed by atoms with Gasteiger partial charge in [0.15, 0.2) is 4.34 Å². The van der Waals surface area contributed by atoms with E-state index in [1.165, 1.54) is 40.6 Å². The molecule has 0 unspecified atom stereocenters. The van der Waals surface area contributed by atoms with Crippen molar-refractivity contribution in [1.29, 1.82) is 0 Å². The standard InChI is InChI=1S/C22H19N5OS2/c28-21(13-29-22-25-23-14-30-22)24-20-12-19(26-27(20)18-7-2-1-3-8-18)17-10-9-15-5-4-6-16(15)11-17/h1-3,7-12,14H,4-6,13H2,(H,24,28). The summed E-state index contributed by atoms with van der Waals surface area (Å²) in [4.78, 5) is 12.6. The van der Waals surface area contributed by atoms with E-state index in [4.69, 9.17) is 5.10 Å². The number of aryl methyl sites for hydroxylation is 2. The van der Waals surface area contributed by atoms with Gasteiger partial charge < -0.3 is 5.32 Å². The second kappa shape index (κ2) is 8.41. The van der Waals surface area contributed by atoms with Crippen molar-refractivity contribution >= 4 is 34.8 Å². The molecule has 2 heterocycles. The van der Waals surface area contributed by atoms with Gasteiger partial charge in [-0.1, -0.05) is 53.4 Å². The number of hydrogen-bond acceptors (Lipinski definition) is 6. The van der Waals surface area contributed by atoms with E-state index in [0.29, 0.717) is 5.82 Å². The number of thioether (sulfide) groups is 1. The highest BCUT2D eigenvalue weighted by molar-refractivity contribution is 8.01. The van der Waals surface area contributed by atoms with E-state index in [-0.39, 0.29) is 11.7 Å². The van der Waals surface area contributed by atoms with Crippen molar-refractivity contribution in [3.63, 3.8) is 0 Å². The Labute approximate surface area is 182 Å². The smallest absolute Gasteiger partial charge is 0.235 e. The van der Waals surface area contributed by atoms with E-state index in [1.807, 2.05) is 36.4 Å². The highest BCUT2D eigenvalue weighted by atomic mass is 32.2. The molecule has 5 rings (SSSR count). The van der Waals surface area contributed by atoms with Crippen LogP contribution in [0.1, 0.15) is 17.5 Å². The Morgan fingerprint density at radius 2 is 1.97 bits per heavy atom. The molecule has 1 aliphatic carbocycles. The molecular formula is C22H19N5OS2. The molecule has 30 heavy (non-hydrogen) atoms. The molecular weight excluding hydrogens is 414 g/mol. The average Bonchev–Trinajstić information content (AvgIpc) is 3.53. The van der Waals surface area contributed by atoms with Crippen LogP contribution in [-0.4, -0.2) is 31.6 Å². The summed E-state index contributed by atoms with van der Waals surface area (Å²) in [5.41, 5.74) is 7.32. The lowest BCUT2D eigenvalue weighted by Crippen LogP contribution is -2.16. The van der Waals surface area contributed by atoms with Crippen molar-refractivity contribution in [2.24, 2.45) is 0 Å². The van der Waals surface area contributed by atoms with Gasteiger partial charge in [-0.05, 0) is 48.6 Å². The first-order valence-electron chi connectivity index (χ1n) is 9.73. The molecule has 0 atom stereocenters. The number of carbonyl (C=O) groups excluding carboxylic acids is 1. The molecule has 1 N–H and O–H groups in total. The Bertz CT molecular complexity index is 1170. The third-order valence-corrected chi connectivity index (χ3v) is 6.90. The van der Waals surface area contributed by atoms with Gasteiger partial charge in [0.25, 0.3) is 0 Å². The van der Waals surface area contributed by atoms with Gasteiger partial charge in [-0.15, -0.1) is 10.2 Å². The van der Waals surface area contributed by atoms with Gasteiger partial charge in [0.1, 0.15) is 11.3 Å². The van der Waals surface area contributed by atoms with Crippen LogP contribution in [0.2, 0.25) is 0 Å². The Morgan fingerprint density at radius 1 is 1.10 bits per heavy atom. The molecule has 8 heteroatoms. The zero-order valence-corrected chi connectivity index (χ0v) is 17.7. The van der Waals surface area contributed by atoms with Crippen LogP contribution in [0.3, 0.4) is 0 Å².